The molecule has 0 saturated carbocycles. The minimum Gasteiger partial charge on any atom is -0.346 e. The number of para-hydroxylation sites is 3. The lowest BCUT2D eigenvalue weighted by Crippen LogP contribution is -2.42. The molecule has 2 aromatic carbocycles. The van der Waals surface area contributed by atoms with Gasteiger partial charge in [-0.25, -0.2) is 4.98 Å². The average molecular weight is 419 g/mol. The zero-order chi connectivity index (χ0) is 22.0. The maximum atomic E-state index is 12.7. The second-order valence-corrected chi connectivity index (χ2v) is 8.03. The van der Waals surface area contributed by atoms with E-state index < -0.39 is 6.04 Å². The Morgan fingerprint density at radius 3 is 2.61 bits per heavy atom. The number of carbonyl (C=O) groups excluding carboxylic acids is 3. The second kappa shape index (κ2) is 8.59. The van der Waals surface area contributed by atoms with Crippen molar-refractivity contribution in [3.8, 4) is 0 Å². The number of nitrogens with zero attached hydrogens (tertiary/aromatic N) is 1. The molecule has 31 heavy (non-hydrogen) atoms. The number of rotatable bonds is 6. The van der Waals surface area contributed by atoms with Gasteiger partial charge in [0.1, 0.15) is 11.9 Å². The number of hydrogen-bond donors (Lipinski definition) is 4. The summed E-state index contributed by atoms with van der Waals surface area (Å²) in [5, 5.41) is 8.49. The predicted molar refractivity (Wildman–Crippen MR) is 117 cm³/mol. The van der Waals surface area contributed by atoms with E-state index in [1.807, 2.05) is 38.1 Å². The van der Waals surface area contributed by atoms with Crippen LogP contribution in [0.3, 0.4) is 0 Å². The molecule has 2 heterocycles. The van der Waals surface area contributed by atoms with Crippen LogP contribution < -0.4 is 16.0 Å². The number of nitrogens with one attached hydrogen (secondary N) is 4. The SMILES string of the molecule is CC(C)C(NC(=O)CCC1NC(=O)c2ccccc2NC1=O)c1nc2ccccc2[nH]1. The molecule has 8 heteroatoms. The van der Waals surface area contributed by atoms with Gasteiger partial charge in [-0.2, -0.15) is 0 Å². The maximum Gasteiger partial charge on any atom is 0.254 e. The van der Waals surface area contributed by atoms with Crippen LogP contribution in [0.15, 0.2) is 48.5 Å². The molecule has 2 unspecified atom stereocenters. The van der Waals surface area contributed by atoms with Crippen LogP contribution in [0.4, 0.5) is 5.69 Å². The van der Waals surface area contributed by atoms with Gasteiger partial charge in [0, 0.05) is 6.42 Å². The predicted octanol–water partition coefficient (Wildman–Crippen LogP) is 2.91. The third-order valence-electron chi connectivity index (χ3n) is 5.40. The lowest BCUT2D eigenvalue weighted by molar-refractivity contribution is -0.122. The minimum atomic E-state index is -0.783. The van der Waals surface area contributed by atoms with Crippen LogP contribution in [0.25, 0.3) is 11.0 Å². The summed E-state index contributed by atoms with van der Waals surface area (Å²) in [6, 6.07) is 13.5. The summed E-state index contributed by atoms with van der Waals surface area (Å²) in [6.07, 6.45) is 0.292. The van der Waals surface area contributed by atoms with E-state index in [1.165, 1.54) is 0 Å². The van der Waals surface area contributed by atoms with Crippen LogP contribution in [0.5, 0.6) is 0 Å². The molecule has 3 amide bonds. The lowest BCUT2D eigenvalue weighted by atomic mass is 10.0. The molecular formula is C23H25N5O3. The molecule has 1 aliphatic rings. The summed E-state index contributed by atoms with van der Waals surface area (Å²) in [5.41, 5.74) is 2.64. The summed E-state index contributed by atoms with van der Waals surface area (Å²) in [6.45, 7) is 4.02. The van der Waals surface area contributed by atoms with Crippen LogP contribution in [0.1, 0.15) is 48.9 Å². The highest BCUT2D eigenvalue weighted by atomic mass is 16.2. The fraction of sp³-hybridized carbons (Fsp3) is 0.304. The number of anilines is 1. The molecule has 0 spiro atoms. The molecule has 1 aliphatic heterocycles. The Morgan fingerprint density at radius 1 is 1.10 bits per heavy atom. The number of aromatic nitrogens is 2. The second-order valence-electron chi connectivity index (χ2n) is 8.03. The highest BCUT2D eigenvalue weighted by molar-refractivity contribution is 6.09. The molecule has 4 rings (SSSR count). The first-order valence-corrected chi connectivity index (χ1v) is 10.4. The molecule has 160 valence electrons. The van der Waals surface area contributed by atoms with Crippen molar-refractivity contribution in [2.75, 3.05) is 5.32 Å². The van der Waals surface area contributed by atoms with Gasteiger partial charge in [0.25, 0.3) is 5.91 Å². The molecule has 8 nitrogen and oxygen atoms in total. The minimum absolute atomic E-state index is 0.0954. The van der Waals surface area contributed by atoms with E-state index in [-0.39, 0.29) is 42.5 Å². The van der Waals surface area contributed by atoms with E-state index in [0.29, 0.717) is 17.1 Å². The molecule has 0 radical (unpaired) electrons. The van der Waals surface area contributed by atoms with Crippen LogP contribution in [-0.2, 0) is 9.59 Å². The standard InChI is InChI=1S/C23H25N5O3/c1-13(2)20(21-24-16-9-5-6-10-17(16)25-21)28-19(29)12-11-18-23(31)26-15-8-4-3-7-14(15)22(30)27-18/h3-10,13,18,20H,11-12H2,1-2H3,(H,24,25)(H,26,31)(H,27,30)(H,28,29). The number of aromatic amines is 1. The fourth-order valence-corrected chi connectivity index (χ4v) is 3.71. The molecule has 1 aromatic heterocycles. The first-order chi connectivity index (χ1) is 14.9. The van der Waals surface area contributed by atoms with Gasteiger partial charge in [0.15, 0.2) is 0 Å². The third kappa shape index (κ3) is 4.42. The zero-order valence-corrected chi connectivity index (χ0v) is 17.4. The average Bonchev–Trinajstić information content (AvgIpc) is 3.13. The number of carbonyl (C=O) groups is 3. The number of H-pyrrole nitrogens is 1. The van der Waals surface area contributed by atoms with Gasteiger partial charge in [-0.1, -0.05) is 38.1 Å². The van der Waals surface area contributed by atoms with Gasteiger partial charge in [-0.15, -0.1) is 0 Å². The van der Waals surface area contributed by atoms with E-state index in [1.54, 1.807) is 24.3 Å². The molecule has 0 aliphatic carbocycles. The topological polar surface area (TPSA) is 116 Å². The van der Waals surface area contributed by atoms with Crippen molar-refractivity contribution in [1.82, 2.24) is 20.6 Å². The van der Waals surface area contributed by atoms with Crippen molar-refractivity contribution in [3.05, 3.63) is 59.9 Å². The van der Waals surface area contributed by atoms with Gasteiger partial charge in [-0.05, 0) is 36.6 Å². The van der Waals surface area contributed by atoms with Crippen LogP contribution in [0, 0.1) is 5.92 Å². The number of benzene rings is 2. The van der Waals surface area contributed by atoms with Crippen molar-refractivity contribution in [3.63, 3.8) is 0 Å². The molecule has 0 fully saturated rings. The van der Waals surface area contributed by atoms with Crippen LogP contribution in [-0.4, -0.2) is 33.7 Å². The largest absolute Gasteiger partial charge is 0.346 e. The van der Waals surface area contributed by atoms with Crippen molar-refractivity contribution in [2.24, 2.45) is 5.92 Å². The van der Waals surface area contributed by atoms with Crippen molar-refractivity contribution < 1.29 is 14.4 Å². The van der Waals surface area contributed by atoms with E-state index >= 15 is 0 Å². The Morgan fingerprint density at radius 2 is 1.84 bits per heavy atom. The van der Waals surface area contributed by atoms with E-state index in [9.17, 15) is 14.4 Å². The van der Waals surface area contributed by atoms with Gasteiger partial charge >= 0.3 is 0 Å². The molecule has 3 aromatic rings. The van der Waals surface area contributed by atoms with Gasteiger partial charge in [0.05, 0.1) is 28.3 Å². The smallest absolute Gasteiger partial charge is 0.254 e. The van der Waals surface area contributed by atoms with Crippen molar-refractivity contribution in [1.29, 1.82) is 0 Å². The summed E-state index contributed by atoms with van der Waals surface area (Å²) in [4.78, 5) is 45.5. The fourth-order valence-electron chi connectivity index (χ4n) is 3.71. The first kappa shape index (κ1) is 20.6. The molecule has 4 N–H and O–H groups in total. The summed E-state index contributed by atoms with van der Waals surface area (Å²) < 4.78 is 0. The Kier molecular flexibility index (Phi) is 5.70. The molecule has 0 saturated heterocycles. The Labute approximate surface area is 179 Å². The lowest BCUT2D eigenvalue weighted by Gasteiger charge is -2.21. The van der Waals surface area contributed by atoms with Crippen molar-refractivity contribution in [2.45, 2.75) is 38.8 Å². The Bertz CT molecular complexity index is 1100. The highest BCUT2D eigenvalue weighted by Crippen LogP contribution is 2.23. The van der Waals surface area contributed by atoms with Gasteiger partial charge in [0.2, 0.25) is 11.8 Å². The third-order valence-corrected chi connectivity index (χ3v) is 5.40. The summed E-state index contributed by atoms with van der Waals surface area (Å²) in [7, 11) is 0. The normalized spacial score (nSPS) is 16.9. The Hall–Kier alpha value is -3.68. The molecular weight excluding hydrogens is 394 g/mol. The zero-order valence-electron chi connectivity index (χ0n) is 17.4. The van der Waals surface area contributed by atoms with E-state index in [2.05, 4.69) is 25.9 Å². The van der Waals surface area contributed by atoms with Crippen LogP contribution in [0.2, 0.25) is 0 Å². The van der Waals surface area contributed by atoms with Gasteiger partial charge in [-0.3, -0.25) is 14.4 Å². The number of imidazole rings is 1. The number of fused-ring (bicyclic) bond motifs is 2. The molecule has 2 atom stereocenters. The van der Waals surface area contributed by atoms with Gasteiger partial charge < -0.3 is 20.9 Å². The summed E-state index contributed by atoms with van der Waals surface area (Å²) >= 11 is 0. The first-order valence-electron chi connectivity index (χ1n) is 10.4. The number of hydrogen-bond acceptors (Lipinski definition) is 4. The highest BCUT2D eigenvalue weighted by Gasteiger charge is 2.28. The number of amides is 3. The molecule has 0 bridgehead atoms. The Balaban J connectivity index is 1.41. The summed E-state index contributed by atoms with van der Waals surface area (Å²) in [5.74, 6) is -0.0612. The van der Waals surface area contributed by atoms with E-state index in [4.69, 9.17) is 0 Å². The van der Waals surface area contributed by atoms with E-state index in [0.717, 1.165) is 11.0 Å². The monoisotopic (exact) mass is 419 g/mol. The van der Waals surface area contributed by atoms with Crippen LogP contribution >= 0.6 is 0 Å². The van der Waals surface area contributed by atoms with Crippen molar-refractivity contribution >= 4 is 34.4 Å². The maximum absolute atomic E-state index is 12.7. The quantitative estimate of drug-likeness (QED) is 0.492.